The maximum absolute atomic E-state index is 13.7. The predicted molar refractivity (Wildman–Crippen MR) is 110 cm³/mol. The number of aromatic nitrogens is 1. The summed E-state index contributed by atoms with van der Waals surface area (Å²) in [7, 11) is 0. The van der Waals surface area contributed by atoms with Gasteiger partial charge in [0, 0.05) is 27.7 Å². The van der Waals surface area contributed by atoms with Gasteiger partial charge in [0.25, 0.3) is 5.91 Å². The Kier molecular flexibility index (Phi) is 6.06. The Morgan fingerprint density at radius 2 is 1.89 bits per heavy atom. The van der Waals surface area contributed by atoms with Crippen molar-refractivity contribution < 1.29 is 13.6 Å². The van der Waals surface area contributed by atoms with Crippen molar-refractivity contribution in [2.45, 2.75) is 13.8 Å². The molecule has 4 rings (SSSR count). The van der Waals surface area contributed by atoms with Crippen LogP contribution in [0.5, 0.6) is 0 Å². The van der Waals surface area contributed by atoms with Gasteiger partial charge in [-0.1, -0.05) is 37.6 Å². The summed E-state index contributed by atoms with van der Waals surface area (Å²) in [6, 6.07) is 14.7. The minimum atomic E-state index is -0.583. The predicted octanol–water partition coefficient (Wildman–Crippen LogP) is 6.57. The van der Waals surface area contributed by atoms with Crippen molar-refractivity contribution in [3.05, 3.63) is 83.5 Å². The molecule has 0 spiro atoms. The molecule has 0 aliphatic heterocycles. The van der Waals surface area contributed by atoms with E-state index in [1.807, 2.05) is 32.0 Å². The number of benzene rings is 2. The number of nitrogens with one attached hydrogen (secondary N) is 1. The quantitative estimate of drug-likeness (QED) is 0.426. The number of carbonyl (C=O) groups is 1. The highest BCUT2D eigenvalue weighted by Crippen LogP contribution is 2.32. The van der Waals surface area contributed by atoms with E-state index in [1.54, 1.807) is 30.7 Å². The lowest BCUT2D eigenvalue weighted by Crippen LogP contribution is -2.14. The summed E-state index contributed by atoms with van der Waals surface area (Å²) in [5.41, 5.74) is 2.23. The molecule has 0 saturated heterocycles. The van der Waals surface area contributed by atoms with Crippen molar-refractivity contribution in [3.8, 4) is 11.1 Å². The Hall–Kier alpha value is -3.18. The first-order chi connectivity index (χ1) is 13.6. The Balaban J connectivity index is 0.00000109. The van der Waals surface area contributed by atoms with E-state index in [-0.39, 0.29) is 5.56 Å². The maximum atomic E-state index is 13.7. The average molecular weight is 397 g/mol. The smallest absolute Gasteiger partial charge is 0.259 e. The number of pyridine rings is 1. The molecule has 2 heterocycles. The van der Waals surface area contributed by atoms with E-state index in [1.165, 1.54) is 18.2 Å². The van der Waals surface area contributed by atoms with Gasteiger partial charge in [-0.3, -0.25) is 4.79 Å². The minimum Gasteiger partial charge on any atom is -0.464 e. The number of hydrogen-bond donors (Lipinski definition) is 1. The summed E-state index contributed by atoms with van der Waals surface area (Å²) in [5.74, 6) is -0.823. The van der Waals surface area contributed by atoms with E-state index < -0.39 is 11.7 Å². The third-order valence-electron chi connectivity index (χ3n) is 3.98. The highest BCUT2D eigenvalue weighted by atomic mass is 35.5. The van der Waals surface area contributed by atoms with Crippen LogP contribution in [0.3, 0.4) is 0 Å². The number of furan rings is 1. The van der Waals surface area contributed by atoms with E-state index in [0.29, 0.717) is 10.8 Å². The molecule has 0 bridgehead atoms. The molecule has 0 radical (unpaired) electrons. The summed E-state index contributed by atoms with van der Waals surface area (Å²) in [5, 5.41) is 4.07. The first-order valence-electron chi connectivity index (χ1n) is 8.81. The number of rotatable bonds is 3. The van der Waals surface area contributed by atoms with Crippen LogP contribution in [0.4, 0.5) is 10.2 Å². The van der Waals surface area contributed by atoms with Crippen molar-refractivity contribution in [2.75, 3.05) is 5.32 Å². The van der Waals surface area contributed by atoms with Crippen molar-refractivity contribution in [3.63, 3.8) is 0 Å². The number of hydrogen-bond acceptors (Lipinski definition) is 3. The van der Waals surface area contributed by atoms with Gasteiger partial charge in [0.1, 0.15) is 17.2 Å². The fourth-order valence-electron chi connectivity index (χ4n) is 2.66. The number of carbonyl (C=O) groups excluding carboxylic acids is 1. The van der Waals surface area contributed by atoms with Crippen molar-refractivity contribution in [1.82, 2.24) is 4.98 Å². The van der Waals surface area contributed by atoms with Crippen molar-refractivity contribution >= 4 is 34.3 Å². The van der Waals surface area contributed by atoms with E-state index >= 15 is 0 Å². The molecule has 142 valence electrons. The van der Waals surface area contributed by atoms with Crippen LogP contribution in [0.15, 0.2) is 71.5 Å². The molecule has 6 heteroatoms. The van der Waals surface area contributed by atoms with Gasteiger partial charge >= 0.3 is 0 Å². The molecule has 4 aromatic rings. The summed E-state index contributed by atoms with van der Waals surface area (Å²) in [6.07, 6.45) is 3.19. The lowest BCUT2D eigenvalue weighted by molar-refractivity contribution is 0.102. The van der Waals surface area contributed by atoms with Crippen LogP contribution in [-0.4, -0.2) is 10.9 Å². The highest BCUT2D eigenvalue weighted by molar-refractivity contribution is 6.34. The van der Waals surface area contributed by atoms with Crippen molar-refractivity contribution in [2.24, 2.45) is 0 Å². The van der Waals surface area contributed by atoms with E-state index in [4.69, 9.17) is 16.0 Å². The van der Waals surface area contributed by atoms with Gasteiger partial charge in [-0.15, -0.1) is 0 Å². The van der Waals surface area contributed by atoms with Crippen LogP contribution in [0, 0.1) is 5.82 Å². The molecular formula is C22H18ClFN2O2. The van der Waals surface area contributed by atoms with Crippen LogP contribution in [-0.2, 0) is 0 Å². The zero-order valence-electron chi connectivity index (χ0n) is 15.4. The third-order valence-corrected chi connectivity index (χ3v) is 4.29. The Bertz CT molecular complexity index is 1110. The Labute approximate surface area is 167 Å². The summed E-state index contributed by atoms with van der Waals surface area (Å²) in [6.45, 7) is 4.00. The standard InChI is InChI=1S/C20H12ClFN2O2.C2H6/c21-16-9-12-7-8-26-18(12)10-15(16)13-5-6-19(23-11-13)24-20(25)14-3-1-2-4-17(14)22;1-2/h1-11H,(H,23,24,25);1-2H3. The second-order valence-corrected chi connectivity index (χ2v) is 6.06. The molecule has 2 aromatic heterocycles. The van der Waals surface area contributed by atoms with Gasteiger partial charge in [0.2, 0.25) is 0 Å². The largest absolute Gasteiger partial charge is 0.464 e. The number of amides is 1. The molecule has 2 aromatic carbocycles. The lowest BCUT2D eigenvalue weighted by atomic mass is 10.1. The van der Waals surface area contributed by atoms with Gasteiger partial charge in [-0.2, -0.15) is 0 Å². The third kappa shape index (κ3) is 4.05. The normalized spacial score (nSPS) is 10.3. The first-order valence-corrected chi connectivity index (χ1v) is 9.19. The molecule has 0 atom stereocenters. The Morgan fingerprint density at radius 1 is 1.11 bits per heavy atom. The molecule has 0 unspecified atom stereocenters. The second kappa shape index (κ2) is 8.67. The zero-order valence-corrected chi connectivity index (χ0v) is 16.1. The zero-order chi connectivity index (χ0) is 20.1. The van der Waals surface area contributed by atoms with Crippen LogP contribution in [0.25, 0.3) is 22.1 Å². The maximum Gasteiger partial charge on any atom is 0.259 e. The topological polar surface area (TPSA) is 55.1 Å². The van der Waals surface area contributed by atoms with E-state index in [2.05, 4.69) is 10.3 Å². The van der Waals surface area contributed by atoms with Gasteiger partial charge in [0.05, 0.1) is 11.8 Å². The van der Waals surface area contributed by atoms with E-state index in [9.17, 15) is 9.18 Å². The highest BCUT2D eigenvalue weighted by Gasteiger charge is 2.12. The van der Waals surface area contributed by atoms with Gasteiger partial charge in [0.15, 0.2) is 0 Å². The summed E-state index contributed by atoms with van der Waals surface area (Å²) in [4.78, 5) is 16.4. The van der Waals surface area contributed by atoms with Crippen LogP contribution < -0.4 is 5.32 Å². The van der Waals surface area contributed by atoms with Gasteiger partial charge < -0.3 is 9.73 Å². The summed E-state index contributed by atoms with van der Waals surface area (Å²) >= 11 is 6.34. The molecule has 28 heavy (non-hydrogen) atoms. The lowest BCUT2D eigenvalue weighted by Gasteiger charge is -2.08. The van der Waals surface area contributed by atoms with Crippen LogP contribution in [0.1, 0.15) is 24.2 Å². The van der Waals surface area contributed by atoms with Gasteiger partial charge in [-0.25, -0.2) is 9.37 Å². The van der Waals surface area contributed by atoms with Gasteiger partial charge in [-0.05, 0) is 42.5 Å². The number of nitrogens with zero attached hydrogens (tertiary/aromatic N) is 1. The first kappa shape index (κ1) is 19.6. The number of halogens is 2. The molecule has 0 saturated carbocycles. The van der Waals surface area contributed by atoms with Crippen molar-refractivity contribution in [1.29, 1.82) is 0 Å². The monoisotopic (exact) mass is 396 g/mol. The van der Waals surface area contributed by atoms with Crippen LogP contribution in [0.2, 0.25) is 5.02 Å². The average Bonchev–Trinajstić information content (AvgIpc) is 3.17. The molecule has 1 N–H and O–H groups in total. The van der Waals surface area contributed by atoms with Crippen LogP contribution >= 0.6 is 11.6 Å². The Morgan fingerprint density at radius 3 is 2.61 bits per heavy atom. The molecule has 4 nitrogen and oxygen atoms in total. The summed E-state index contributed by atoms with van der Waals surface area (Å²) < 4.78 is 19.1. The molecule has 0 aliphatic carbocycles. The second-order valence-electron chi connectivity index (χ2n) is 5.66. The number of anilines is 1. The molecular weight excluding hydrogens is 379 g/mol. The molecule has 1 amide bonds. The molecule has 0 aliphatic rings. The van der Waals surface area contributed by atoms with E-state index in [0.717, 1.165) is 22.1 Å². The minimum absolute atomic E-state index is 0.0373. The molecule has 0 fully saturated rings. The fraction of sp³-hybridized carbons (Fsp3) is 0.0909. The number of fused-ring (bicyclic) bond motifs is 1. The fourth-order valence-corrected chi connectivity index (χ4v) is 2.94. The SMILES string of the molecule is CC.O=C(Nc1ccc(-c2cc3occc3cc2Cl)cn1)c1ccccc1F.